The molecule has 0 N–H and O–H groups in total. The SMILES string of the molecule is COc1cc2c(cc1OC)[C@@H](Cc1cc(OC)c(OC)c(OC)c1)[N@+](C)(CCCOC(=O)CCCCCCC(=O)OCCC[N@+]1(C)CCc3cc(OC)c(OC)cc3[C@H]1Cc1cc(OC)c(OC)c(OC)c1)CC2. The van der Waals surface area contributed by atoms with Crippen molar-refractivity contribution in [2.45, 2.75) is 89.1 Å². The van der Waals surface area contributed by atoms with E-state index in [0.29, 0.717) is 122 Å². The van der Waals surface area contributed by atoms with Gasteiger partial charge in [-0.2, -0.15) is 0 Å². The van der Waals surface area contributed by atoms with E-state index in [1.54, 1.807) is 71.1 Å². The number of carbonyl (C=O) groups excluding carboxylic acids is 2. The molecule has 0 amide bonds. The molecule has 0 bridgehead atoms. The van der Waals surface area contributed by atoms with Gasteiger partial charge in [-0.1, -0.05) is 12.8 Å². The van der Waals surface area contributed by atoms with Crippen LogP contribution in [0.15, 0.2) is 48.5 Å². The summed E-state index contributed by atoms with van der Waals surface area (Å²) in [6, 6.07) is 16.6. The van der Waals surface area contributed by atoms with Crippen molar-refractivity contribution < 1.29 is 75.4 Å². The summed E-state index contributed by atoms with van der Waals surface area (Å²) in [4.78, 5) is 25.8. The van der Waals surface area contributed by atoms with E-state index in [0.717, 1.165) is 72.0 Å². The van der Waals surface area contributed by atoms with Crippen LogP contribution >= 0.6 is 0 Å². The van der Waals surface area contributed by atoms with Gasteiger partial charge in [-0.15, -0.1) is 0 Å². The fourth-order valence-electron chi connectivity index (χ4n) is 11.1. The van der Waals surface area contributed by atoms with E-state index in [1.807, 2.05) is 24.3 Å². The molecule has 16 heteroatoms. The normalized spacial score (nSPS) is 18.8. The lowest BCUT2D eigenvalue weighted by molar-refractivity contribution is -0.941. The van der Waals surface area contributed by atoms with Crippen LogP contribution in [0.5, 0.6) is 57.5 Å². The molecule has 0 unspecified atom stereocenters. The van der Waals surface area contributed by atoms with Crippen molar-refractivity contribution in [1.29, 1.82) is 0 Å². The Morgan fingerprint density at radius 2 is 0.743 bits per heavy atom. The first-order valence-corrected chi connectivity index (χ1v) is 25.8. The van der Waals surface area contributed by atoms with E-state index in [2.05, 4.69) is 38.4 Å². The number of likely N-dealkylation sites (N-methyl/N-ethyl adjacent to an activating group) is 2. The second-order valence-corrected chi connectivity index (χ2v) is 19.7. The zero-order valence-corrected chi connectivity index (χ0v) is 46.1. The Labute approximate surface area is 439 Å². The number of quaternary nitrogens is 2. The standard InChI is InChI=1S/C58H82N2O14/c1-59(25-21-41-35-47(63-3)49(65-5)37-43(41)45(59)29-39-31-51(67-7)57(71-11)52(32-39)68-8)23-17-27-73-55(61)19-15-13-14-16-20-56(62)74-28-18-24-60(2)26-22-42-36-48(64-4)50(66-6)38-44(42)46(60)30-40-33-53(69-9)58(72-12)54(34-40)70-10/h31-38,45-46H,13-30H2,1-12H3/q+2/t45-,46-,59-,60-/m1/s1. The minimum atomic E-state index is -0.194. The second kappa shape index (κ2) is 26.8. The summed E-state index contributed by atoms with van der Waals surface area (Å²) < 4.78 is 70.0. The molecule has 74 heavy (non-hydrogen) atoms. The highest BCUT2D eigenvalue weighted by Crippen LogP contribution is 2.47. The van der Waals surface area contributed by atoms with E-state index in [4.69, 9.17) is 56.8 Å². The van der Waals surface area contributed by atoms with Crippen LogP contribution in [-0.2, 0) is 44.7 Å². The van der Waals surface area contributed by atoms with Crippen molar-refractivity contribution in [1.82, 2.24) is 0 Å². The quantitative estimate of drug-likeness (QED) is 0.0289. The third-order valence-electron chi connectivity index (χ3n) is 15.3. The minimum absolute atomic E-state index is 0.0642. The Balaban J connectivity index is 0.948. The number of benzene rings is 4. The van der Waals surface area contributed by atoms with Gasteiger partial charge in [0, 0.05) is 62.5 Å². The first kappa shape index (κ1) is 57.0. The molecule has 0 spiro atoms. The van der Waals surface area contributed by atoms with E-state index in [9.17, 15) is 9.59 Å². The van der Waals surface area contributed by atoms with Gasteiger partial charge in [0.1, 0.15) is 12.1 Å². The lowest BCUT2D eigenvalue weighted by Gasteiger charge is -2.46. The molecule has 6 rings (SSSR count). The van der Waals surface area contributed by atoms with Crippen LogP contribution in [-0.4, -0.2) is 145 Å². The molecule has 406 valence electrons. The maximum atomic E-state index is 12.9. The van der Waals surface area contributed by atoms with Gasteiger partial charge in [-0.3, -0.25) is 9.59 Å². The van der Waals surface area contributed by atoms with Gasteiger partial charge in [0.15, 0.2) is 46.0 Å². The number of nitrogens with zero attached hydrogens (tertiary/aromatic N) is 2. The van der Waals surface area contributed by atoms with Crippen molar-refractivity contribution in [3.8, 4) is 57.5 Å². The third-order valence-corrected chi connectivity index (χ3v) is 15.3. The molecule has 4 aromatic rings. The number of unbranched alkanes of at least 4 members (excludes halogenated alkanes) is 3. The molecule has 2 aliphatic rings. The number of fused-ring (bicyclic) bond motifs is 2. The molecule has 2 aliphatic heterocycles. The Morgan fingerprint density at radius 3 is 1.05 bits per heavy atom. The summed E-state index contributed by atoms with van der Waals surface area (Å²) in [5.41, 5.74) is 6.97. The molecule has 0 fully saturated rings. The van der Waals surface area contributed by atoms with Gasteiger partial charge >= 0.3 is 11.9 Å². The molecule has 4 atom stereocenters. The van der Waals surface area contributed by atoms with E-state index in [1.165, 1.54) is 22.3 Å². The van der Waals surface area contributed by atoms with Gasteiger partial charge < -0.3 is 65.8 Å². The van der Waals surface area contributed by atoms with Gasteiger partial charge in [-0.25, -0.2) is 0 Å². The second-order valence-electron chi connectivity index (χ2n) is 19.7. The smallest absolute Gasteiger partial charge is 0.305 e. The van der Waals surface area contributed by atoms with Gasteiger partial charge in [0.25, 0.3) is 0 Å². The highest BCUT2D eigenvalue weighted by Gasteiger charge is 2.42. The van der Waals surface area contributed by atoms with E-state index in [-0.39, 0.29) is 24.0 Å². The number of hydrogen-bond acceptors (Lipinski definition) is 14. The molecule has 0 aliphatic carbocycles. The van der Waals surface area contributed by atoms with Crippen molar-refractivity contribution in [3.05, 3.63) is 81.9 Å². The summed E-state index contributed by atoms with van der Waals surface area (Å²) in [6.45, 7) is 4.11. The largest absolute Gasteiger partial charge is 0.493 e. The number of rotatable bonds is 29. The summed E-state index contributed by atoms with van der Waals surface area (Å²) in [6.07, 6.45) is 8.34. The molecule has 0 radical (unpaired) electrons. The first-order chi connectivity index (χ1) is 35.7. The molecule has 4 aromatic carbocycles. The summed E-state index contributed by atoms with van der Waals surface area (Å²) in [5, 5.41) is 0. The number of hydrogen-bond donors (Lipinski definition) is 0. The van der Waals surface area contributed by atoms with Crippen LogP contribution in [0.25, 0.3) is 0 Å². The highest BCUT2D eigenvalue weighted by molar-refractivity contribution is 5.69. The van der Waals surface area contributed by atoms with Crippen LogP contribution < -0.4 is 47.4 Å². The zero-order chi connectivity index (χ0) is 53.4. The number of esters is 2. The van der Waals surface area contributed by atoms with Gasteiger partial charge in [-0.05, 0) is 83.6 Å². The molecule has 0 saturated heterocycles. The molecule has 0 aromatic heterocycles. The van der Waals surface area contributed by atoms with Crippen molar-refractivity contribution in [2.24, 2.45) is 0 Å². The molecular formula is C58H82N2O14+2. The first-order valence-electron chi connectivity index (χ1n) is 25.8. The highest BCUT2D eigenvalue weighted by atomic mass is 16.6. The third kappa shape index (κ3) is 13.5. The Morgan fingerprint density at radius 1 is 0.419 bits per heavy atom. The Hall–Kier alpha value is -6.26. The van der Waals surface area contributed by atoms with Crippen LogP contribution in [0.4, 0.5) is 0 Å². The van der Waals surface area contributed by atoms with Crippen molar-refractivity contribution in [3.63, 3.8) is 0 Å². The average molecular weight is 1030 g/mol. The average Bonchev–Trinajstić information content (AvgIpc) is 3.42. The predicted molar refractivity (Wildman–Crippen MR) is 282 cm³/mol. The monoisotopic (exact) mass is 1030 g/mol. The van der Waals surface area contributed by atoms with Gasteiger partial charge in [0.05, 0.1) is 125 Å². The minimum Gasteiger partial charge on any atom is -0.493 e. The Bertz CT molecular complexity index is 2290. The van der Waals surface area contributed by atoms with Crippen LogP contribution in [0.2, 0.25) is 0 Å². The molecule has 2 heterocycles. The Kier molecular flexibility index (Phi) is 20.7. The lowest BCUT2D eigenvalue weighted by atomic mass is 9.86. The predicted octanol–water partition coefficient (Wildman–Crippen LogP) is 9.25. The molecular weight excluding hydrogens is 949 g/mol. The number of ether oxygens (including phenoxy) is 12. The summed E-state index contributed by atoms with van der Waals surface area (Å²) in [7, 11) is 20.9. The van der Waals surface area contributed by atoms with Gasteiger partial charge in [0.2, 0.25) is 11.5 Å². The fourth-order valence-corrected chi connectivity index (χ4v) is 11.1. The topological polar surface area (TPSA) is 145 Å². The summed E-state index contributed by atoms with van der Waals surface area (Å²) in [5.74, 6) is 5.96. The van der Waals surface area contributed by atoms with Crippen LogP contribution in [0.3, 0.4) is 0 Å². The van der Waals surface area contributed by atoms with Crippen molar-refractivity contribution in [2.75, 3.05) is 125 Å². The number of carbonyl (C=O) groups is 2. The van der Waals surface area contributed by atoms with E-state index >= 15 is 0 Å². The van der Waals surface area contributed by atoms with Crippen LogP contribution in [0.1, 0.15) is 96.8 Å². The van der Waals surface area contributed by atoms with E-state index < -0.39 is 0 Å². The molecule has 0 saturated carbocycles. The lowest BCUT2D eigenvalue weighted by Crippen LogP contribution is -2.52. The van der Waals surface area contributed by atoms with Crippen molar-refractivity contribution >= 4 is 11.9 Å². The van der Waals surface area contributed by atoms with Crippen LogP contribution in [0, 0.1) is 0 Å². The maximum Gasteiger partial charge on any atom is 0.305 e. The fraction of sp³-hybridized carbons (Fsp3) is 0.552. The maximum absolute atomic E-state index is 12.9. The summed E-state index contributed by atoms with van der Waals surface area (Å²) >= 11 is 0. The number of methoxy groups -OCH3 is 10. The zero-order valence-electron chi connectivity index (χ0n) is 46.1. The molecule has 16 nitrogen and oxygen atoms in total.